The fourth-order valence-electron chi connectivity index (χ4n) is 0.931. The molecule has 0 unspecified atom stereocenters. The SMILES string of the molecule is C[C@H](O)OCc1ccc([N+](=O)[O-])cc1. The van der Waals surface area contributed by atoms with E-state index in [2.05, 4.69) is 0 Å². The van der Waals surface area contributed by atoms with Gasteiger partial charge in [-0.05, 0) is 24.6 Å². The summed E-state index contributed by atoms with van der Waals surface area (Å²) in [5.74, 6) is 0. The van der Waals surface area contributed by atoms with Gasteiger partial charge in [-0.3, -0.25) is 10.1 Å². The number of aliphatic hydroxyl groups is 1. The Hall–Kier alpha value is -1.46. The van der Waals surface area contributed by atoms with Crippen molar-refractivity contribution in [1.29, 1.82) is 0 Å². The lowest BCUT2D eigenvalue weighted by Crippen LogP contribution is -2.05. The van der Waals surface area contributed by atoms with Gasteiger partial charge in [-0.1, -0.05) is 0 Å². The Morgan fingerprint density at radius 2 is 2.07 bits per heavy atom. The molecule has 0 aliphatic heterocycles. The van der Waals surface area contributed by atoms with Crippen molar-refractivity contribution in [2.24, 2.45) is 0 Å². The summed E-state index contributed by atoms with van der Waals surface area (Å²) in [6.45, 7) is 1.75. The van der Waals surface area contributed by atoms with Gasteiger partial charge in [-0.15, -0.1) is 0 Å². The molecule has 5 heteroatoms. The van der Waals surface area contributed by atoms with Crippen molar-refractivity contribution in [1.82, 2.24) is 0 Å². The van der Waals surface area contributed by atoms with E-state index in [1.807, 2.05) is 0 Å². The fourth-order valence-corrected chi connectivity index (χ4v) is 0.931. The van der Waals surface area contributed by atoms with Crippen LogP contribution in [-0.4, -0.2) is 16.3 Å². The summed E-state index contributed by atoms with van der Waals surface area (Å²) < 4.78 is 4.91. The number of nitrogens with zero attached hydrogens (tertiary/aromatic N) is 1. The quantitative estimate of drug-likeness (QED) is 0.450. The number of nitro benzene ring substituents is 1. The summed E-state index contributed by atoms with van der Waals surface area (Å²) in [6.07, 6.45) is -0.829. The highest BCUT2D eigenvalue weighted by atomic mass is 16.6. The molecule has 1 rings (SSSR count). The van der Waals surface area contributed by atoms with Crippen LogP contribution in [0.1, 0.15) is 12.5 Å². The minimum Gasteiger partial charge on any atom is -0.368 e. The minimum absolute atomic E-state index is 0.0470. The number of non-ortho nitro benzene ring substituents is 1. The van der Waals surface area contributed by atoms with E-state index in [9.17, 15) is 10.1 Å². The van der Waals surface area contributed by atoms with Crippen molar-refractivity contribution in [3.63, 3.8) is 0 Å². The molecule has 0 heterocycles. The average Bonchev–Trinajstić information content (AvgIpc) is 2.15. The number of aliphatic hydroxyl groups excluding tert-OH is 1. The van der Waals surface area contributed by atoms with E-state index in [-0.39, 0.29) is 12.3 Å². The molecule has 0 saturated carbocycles. The van der Waals surface area contributed by atoms with Crippen LogP contribution < -0.4 is 0 Å². The molecule has 0 amide bonds. The molecular formula is C9H11NO4. The van der Waals surface area contributed by atoms with Crippen LogP contribution in [0.25, 0.3) is 0 Å². The molecule has 76 valence electrons. The van der Waals surface area contributed by atoms with E-state index in [0.717, 1.165) is 5.56 Å². The molecule has 0 aromatic heterocycles. The maximum absolute atomic E-state index is 10.3. The third-order valence-corrected chi connectivity index (χ3v) is 1.64. The Bertz CT molecular complexity index is 307. The summed E-state index contributed by atoms with van der Waals surface area (Å²) >= 11 is 0. The summed E-state index contributed by atoms with van der Waals surface area (Å²) in [4.78, 5) is 9.85. The van der Waals surface area contributed by atoms with Gasteiger partial charge in [0.25, 0.3) is 5.69 Å². The van der Waals surface area contributed by atoms with Gasteiger partial charge in [-0.25, -0.2) is 0 Å². The predicted molar refractivity (Wildman–Crippen MR) is 49.6 cm³/mol. The van der Waals surface area contributed by atoms with E-state index in [4.69, 9.17) is 9.84 Å². The third kappa shape index (κ3) is 3.12. The zero-order valence-corrected chi connectivity index (χ0v) is 7.71. The summed E-state index contributed by atoms with van der Waals surface area (Å²) in [7, 11) is 0. The number of nitro groups is 1. The number of hydrogen-bond donors (Lipinski definition) is 1. The highest BCUT2D eigenvalue weighted by molar-refractivity contribution is 5.32. The number of ether oxygens (including phenoxy) is 1. The van der Waals surface area contributed by atoms with Crippen LogP contribution in [0.4, 0.5) is 5.69 Å². The summed E-state index contributed by atoms with van der Waals surface area (Å²) in [6, 6.07) is 6.00. The van der Waals surface area contributed by atoms with Gasteiger partial charge < -0.3 is 9.84 Å². The zero-order chi connectivity index (χ0) is 10.6. The Labute approximate surface area is 81.1 Å². The monoisotopic (exact) mass is 197 g/mol. The third-order valence-electron chi connectivity index (χ3n) is 1.64. The molecule has 5 nitrogen and oxygen atoms in total. The predicted octanol–water partition coefficient (Wildman–Crippen LogP) is 1.45. The van der Waals surface area contributed by atoms with Gasteiger partial charge in [-0.2, -0.15) is 0 Å². The molecule has 0 radical (unpaired) electrons. The lowest BCUT2D eigenvalue weighted by atomic mass is 10.2. The molecule has 0 aliphatic carbocycles. The van der Waals surface area contributed by atoms with Crippen molar-refractivity contribution in [3.05, 3.63) is 39.9 Å². The summed E-state index contributed by atoms with van der Waals surface area (Å²) in [5, 5.41) is 19.1. The van der Waals surface area contributed by atoms with Crippen molar-refractivity contribution < 1.29 is 14.8 Å². The number of rotatable bonds is 4. The Morgan fingerprint density at radius 3 is 2.50 bits per heavy atom. The van der Waals surface area contributed by atoms with Gasteiger partial charge in [0.1, 0.15) is 0 Å². The van der Waals surface area contributed by atoms with Gasteiger partial charge in [0.15, 0.2) is 6.29 Å². The van der Waals surface area contributed by atoms with Crippen molar-refractivity contribution in [2.45, 2.75) is 19.8 Å². The molecule has 1 aromatic rings. The number of hydrogen-bond acceptors (Lipinski definition) is 4. The van der Waals surface area contributed by atoms with Crippen LogP contribution in [0, 0.1) is 10.1 Å². The van der Waals surface area contributed by atoms with E-state index in [1.54, 1.807) is 12.1 Å². The second-order valence-corrected chi connectivity index (χ2v) is 2.83. The molecule has 1 N–H and O–H groups in total. The van der Waals surface area contributed by atoms with Crippen LogP contribution in [0.15, 0.2) is 24.3 Å². The molecule has 0 saturated heterocycles. The first kappa shape index (κ1) is 10.6. The van der Waals surface area contributed by atoms with Gasteiger partial charge >= 0.3 is 0 Å². The first-order valence-corrected chi connectivity index (χ1v) is 4.12. The molecular weight excluding hydrogens is 186 g/mol. The molecule has 1 aromatic carbocycles. The maximum Gasteiger partial charge on any atom is 0.269 e. The van der Waals surface area contributed by atoms with E-state index in [1.165, 1.54) is 19.1 Å². The fraction of sp³-hybridized carbons (Fsp3) is 0.333. The highest BCUT2D eigenvalue weighted by Crippen LogP contribution is 2.12. The van der Waals surface area contributed by atoms with Crippen LogP contribution in [0.5, 0.6) is 0 Å². The van der Waals surface area contributed by atoms with Crippen molar-refractivity contribution in [2.75, 3.05) is 0 Å². The largest absolute Gasteiger partial charge is 0.368 e. The van der Waals surface area contributed by atoms with Gasteiger partial charge in [0.2, 0.25) is 0 Å². The van der Waals surface area contributed by atoms with Crippen molar-refractivity contribution in [3.8, 4) is 0 Å². The Balaban J connectivity index is 2.60. The standard InChI is InChI=1S/C9H11NO4/c1-7(11)14-6-8-2-4-9(5-3-8)10(12)13/h2-5,7,11H,6H2,1H3/t7-/m1/s1. The first-order valence-electron chi connectivity index (χ1n) is 4.12. The molecule has 0 aliphatic rings. The zero-order valence-electron chi connectivity index (χ0n) is 7.71. The van der Waals surface area contributed by atoms with E-state index in [0.29, 0.717) is 0 Å². The second kappa shape index (κ2) is 4.69. The molecule has 1 atom stereocenters. The smallest absolute Gasteiger partial charge is 0.269 e. The normalized spacial score (nSPS) is 12.4. The second-order valence-electron chi connectivity index (χ2n) is 2.83. The molecule has 14 heavy (non-hydrogen) atoms. The minimum atomic E-state index is -0.829. The summed E-state index contributed by atoms with van der Waals surface area (Å²) in [5.41, 5.74) is 0.835. The van der Waals surface area contributed by atoms with Crippen LogP contribution in [0.3, 0.4) is 0 Å². The van der Waals surface area contributed by atoms with Crippen LogP contribution >= 0.6 is 0 Å². The molecule has 0 fully saturated rings. The van der Waals surface area contributed by atoms with Gasteiger partial charge in [0, 0.05) is 12.1 Å². The van der Waals surface area contributed by atoms with E-state index >= 15 is 0 Å². The lowest BCUT2D eigenvalue weighted by molar-refractivity contribution is -0.384. The van der Waals surface area contributed by atoms with Crippen LogP contribution in [0.2, 0.25) is 0 Å². The Kier molecular flexibility index (Phi) is 3.55. The highest BCUT2D eigenvalue weighted by Gasteiger charge is 2.04. The number of benzene rings is 1. The maximum atomic E-state index is 10.3. The van der Waals surface area contributed by atoms with Gasteiger partial charge in [0.05, 0.1) is 11.5 Å². The topological polar surface area (TPSA) is 72.6 Å². The van der Waals surface area contributed by atoms with Crippen molar-refractivity contribution >= 4 is 5.69 Å². The molecule has 0 spiro atoms. The first-order chi connectivity index (χ1) is 6.59. The lowest BCUT2D eigenvalue weighted by Gasteiger charge is -2.05. The molecule has 0 bridgehead atoms. The van der Waals surface area contributed by atoms with E-state index < -0.39 is 11.2 Å². The average molecular weight is 197 g/mol. The van der Waals surface area contributed by atoms with Crippen LogP contribution in [-0.2, 0) is 11.3 Å². The Morgan fingerprint density at radius 1 is 1.50 bits per heavy atom.